The Morgan fingerprint density at radius 2 is 0.762 bits per heavy atom. The molecule has 0 fully saturated rings. The number of rotatable bonds is 4. The van der Waals surface area contributed by atoms with E-state index in [0.717, 1.165) is 66.6 Å². The van der Waals surface area contributed by atoms with Crippen LogP contribution in [0.4, 0.5) is 0 Å². The zero-order valence-corrected chi connectivity index (χ0v) is 22.9. The average molecular weight is 535 g/mol. The molecule has 0 aliphatic heterocycles. The van der Waals surface area contributed by atoms with Crippen LogP contribution >= 0.6 is 0 Å². The van der Waals surface area contributed by atoms with E-state index in [1.807, 2.05) is 6.07 Å². The first-order valence-electron chi connectivity index (χ1n) is 14.3. The van der Waals surface area contributed by atoms with Gasteiger partial charge in [0.05, 0.1) is 22.4 Å². The van der Waals surface area contributed by atoms with Gasteiger partial charge >= 0.3 is 0 Å². The number of hydrogen-bond donors (Lipinski definition) is 0. The molecule has 0 saturated carbocycles. The monoisotopic (exact) mass is 534 g/mol. The summed E-state index contributed by atoms with van der Waals surface area (Å²) in [7, 11) is 0. The van der Waals surface area contributed by atoms with E-state index < -0.39 is 0 Å². The van der Waals surface area contributed by atoms with Crippen LogP contribution in [0.3, 0.4) is 0 Å². The highest BCUT2D eigenvalue weighted by atomic mass is 14.8. The number of pyridine rings is 2. The van der Waals surface area contributed by atoms with Crippen molar-refractivity contribution >= 4 is 32.6 Å². The topological polar surface area (TPSA) is 25.8 Å². The maximum Gasteiger partial charge on any atom is 0.0978 e. The number of hydrogen-bond acceptors (Lipinski definition) is 2. The standard InChI is InChI=1S/C40H26N2/c1-4-13-28(14-5-1)35-25-37(30-17-8-3-9-18-30)41-39-33(35)22-23-34-36(29-15-6-2-7-16-29)26-38(42-40(34)39)32-21-20-27-12-10-11-19-31(27)24-32/h1-26H. The highest BCUT2D eigenvalue weighted by molar-refractivity contribution is 6.13. The number of benzene rings is 6. The van der Waals surface area contributed by atoms with E-state index in [2.05, 4.69) is 152 Å². The summed E-state index contributed by atoms with van der Waals surface area (Å²) in [5.41, 5.74) is 10.5. The van der Waals surface area contributed by atoms with Crippen molar-refractivity contribution in [2.75, 3.05) is 0 Å². The highest BCUT2D eigenvalue weighted by Crippen LogP contribution is 2.39. The summed E-state index contributed by atoms with van der Waals surface area (Å²) in [6.07, 6.45) is 0. The largest absolute Gasteiger partial charge is 0.245 e. The maximum atomic E-state index is 5.37. The Morgan fingerprint density at radius 1 is 0.310 bits per heavy atom. The number of fused-ring (bicyclic) bond motifs is 4. The molecule has 0 bridgehead atoms. The van der Waals surface area contributed by atoms with Crippen LogP contribution in [0.25, 0.3) is 77.3 Å². The lowest BCUT2D eigenvalue weighted by molar-refractivity contribution is 1.36. The fourth-order valence-electron chi connectivity index (χ4n) is 5.94. The minimum atomic E-state index is 0.909. The molecular formula is C40H26N2. The predicted molar refractivity (Wildman–Crippen MR) is 176 cm³/mol. The first-order chi connectivity index (χ1) is 20.8. The Morgan fingerprint density at radius 3 is 1.31 bits per heavy atom. The van der Waals surface area contributed by atoms with E-state index in [-0.39, 0.29) is 0 Å². The average Bonchev–Trinajstić information content (AvgIpc) is 3.08. The highest BCUT2D eigenvalue weighted by Gasteiger charge is 2.17. The molecular weight excluding hydrogens is 508 g/mol. The number of aromatic nitrogens is 2. The molecule has 6 aromatic carbocycles. The SMILES string of the molecule is c1ccc(-c2cc(-c3ccccc3)c3ccc4c(-c5ccccc5)cc(-c5ccc6ccccc6c5)nc4c3n2)cc1. The summed E-state index contributed by atoms with van der Waals surface area (Å²) >= 11 is 0. The van der Waals surface area contributed by atoms with Gasteiger partial charge < -0.3 is 0 Å². The van der Waals surface area contributed by atoms with Gasteiger partial charge in [-0.15, -0.1) is 0 Å². The lowest BCUT2D eigenvalue weighted by Gasteiger charge is -2.15. The van der Waals surface area contributed by atoms with E-state index >= 15 is 0 Å². The van der Waals surface area contributed by atoms with Crippen LogP contribution in [0.1, 0.15) is 0 Å². The third kappa shape index (κ3) is 4.22. The predicted octanol–water partition coefficient (Wildman–Crippen LogP) is 10.6. The van der Waals surface area contributed by atoms with Crippen LogP contribution in [-0.2, 0) is 0 Å². The molecule has 2 heterocycles. The van der Waals surface area contributed by atoms with Gasteiger partial charge in [0.1, 0.15) is 0 Å². The van der Waals surface area contributed by atoms with Crippen molar-refractivity contribution in [2.45, 2.75) is 0 Å². The Bertz CT molecular complexity index is 2220. The van der Waals surface area contributed by atoms with Gasteiger partial charge in [-0.25, -0.2) is 9.97 Å². The van der Waals surface area contributed by atoms with Crippen LogP contribution in [0, 0.1) is 0 Å². The maximum absolute atomic E-state index is 5.37. The van der Waals surface area contributed by atoms with Gasteiger partial charge in [-0.2, -0.15) is 0 Å². The summed E-state index contributed by atoms with van der Waals surface area (Å²) in [5, 5.41) is 4.61. The van der Waals surface area contributed by atoms with Crippen LogP contribution in [0.5, 0.6) is 0 Å². The van der Waals surface area contributed by atoms with Crippen molar-refractivity contribution < 1.29 is 0 Å². The van der Waals surface area contributed by atoms with E-state index in [9.17, 15) is 0 Å². The van der Waals surface area contributed by atoms with Crippen LogP contribution in [0.2, 0.25) is 0 Å². The molecule has 0 amide bonds. The Labute approximate surface area is 244 Å². The zero-order chi connectivity index (χ0) is 27.9. The van der Waals surface area contributed by atoms with E-state index in [4.69, 9.17) is 9.97 Å². The molecule has 0 radical (unpaired) electrons. The lowest BCUT2D eigenvalue weighted by atomic mass is 9.93. The lowest BCUT2D eigenvalue weighted by Crippen LogP contribution is -1.95. The smallest absolute Gasteiger partial charge is 0.0978 e. The summed E-state index contributed by atoms with van der Waals surface area (Å²) < 4.78 is 0. The zero-order valence-electron chi connectivity index (χ0n) is 22.9. The van der Waals surface area contributed by atoms with Gasteiger partial charge in [0.2, 0.25) is 0 Å². The normalized spacial score (nSPS) is 11.3. The summed E-state index contributed by atoms with van der Waals surface area (Å²) in [4.78, 5) is 10.7. The summed E-state index contributed by atoms with van der Waals surface area (Å²) in [6, 6.07) is 55.5. The molecule has 8 aromatic rings. The summed E-state index contributed by atoms with van der Waals surface area (Å²) in [6.45, 7) is 0. The Hall–Kier alpha value is -5.60. The van der Waals surface area contributed by atoms with Crippen molar-refractivity contribution in [1.29, 1.82) is 0 Å². The van der Waals surface area contributed by atoms with Crippen LogP contribution in [0.15, 0.2) is 158 Å². The van der Waals surface area contributed by atoms with Crippen molar-refractivity contribution in [3.8, 4) is 44.8 Å². The Balaban J connectivity index is 1.49. The molecule has 2 nitrogen and oxygen atoms in total. The second kappa shape index (κ2) is 10.1. The molecule has 2 aromatic heterocycles. The fraction of sp³-hybridized carbons (Fsp3) is 0. The quantitative estimate of drug-likeness (QED) is 0.210. The Kier molecular flexibility index (Phi) is 5.82. The first-order valence-corrected chi connectivity index (χ1v) is 14.3. The molecule has 0 saturated heterocycles. The molecule has 0 aliphatic rings. The van der Waals surface area contributed by atoms with Crippen LogP contribution < -0.4 is 0 Å². The minimum absolute atomic E-state index is 0.909. The summed E-state index contributed by atoms with van der Waals surface area (Å²) in [5.74, 6) is 0. The van der Waals surface area contributed by atoms with E-state index in [1.54, 1.807) is 0 Å². The van der Waals surface area contributed by atoms with Gasteiger partial charge in [-0.1, -0.05) is 140 Å². The van der Waals surface area contributed by atoms with Crippen molar-refractivity contribution in [2.24, 2.45) is 0 Å². The molecule has 0 aliphatic carbocycles. The molecule has 2 heteroatoms. The van der Waals surface area contributed by atoms with Gasteiger partial charge in [0, 0.05) is 21.9 Å². The molecule has 42 heavy (non-hydrogen) atoms. The van der Waals surface area contributed by atoms with Gasteiger partial charge in [0.15, 0.2) is 0 Å². The molecule has 0 N–H and O–H groups in total. The van der Waals surface area contributed by atoms with Gasteiger partial charge in [-0.05, 0) is 51.2 Å². The third-order valence-corrected chi connectivity index (χ3v) is 8.04. The van der Waals surface area contributed by atoms with Crippen LogP contribution in [-0.4, -0.2) is 9.97 Å². The second-order valence-electron chi connectivity index (χ2n) is 10.6. The number of nitrogens with zero attached hydrogens (tertiary/aromatic N) is 2. The van der Waals surface area contributed by atoms with Gasteiger partial charge in [0.25, 0.3) is 0 Å². The molecule has 8 rings (SSSR count). The molecule has 196 valence electrons. The van der Waals surface area contributed by atoms with Gasteiger partial charge in [-0.3, -0.25) is 0 Å². The fourth-order valence-corrected chi connectivity index (χ4v) is 5.94. The second-order valence-corrected chi connectivity index (χ2v) is 10.6. The third-order valence-electron chi connectivity index (χ3n) is 8.04. The van der Waals surface area contributed by atoms with E-state index in [0.29, 0.717) is 0 Å². The minimum Gasteiger partial charge on any atom is -0.245 e. The first kappa shape index (κ1) is 24.2. The van der Waals surface area contributed by atoms with Crippen molar-refractivity contribution in [1.82, 2.24) is 9.97 Å². The van der Waals surface area contributed by atoms with Crippen molar-refractivity contribution in [3.63, 3.8) is 0 Å². The molecule has 0 spiro atoms. The van der Waals surface area contributed by atoms with E-state index in [1.165, 1.54) is 10.8 Å². The molecule has 0 unspecified atom stereocenters. The van der Waals surface area contributed by atoms with Crippen molar-refractivity contribution in [3.05, 3.63) is 158 Å². The molecule has 0 atom stereocenters.